The van der Waals surface area contributed by atoms with Gasteiger partial charge >= 0.3 is 17.9 Å². The average Bonchev–Trinajstić information content (AvgIpc) is 3.35. The van der Waals surface area contributed by atoms with Gasteiger partial charge in [-0.3, -0.25) is 9.59 Å². The third-order valence-corrected chi connectivity index (χ3v) is 13.3. The molecule has 2 unspecified atom stereocenters. The summed E-state index contributed by atoms with van der Waals surface area (Å²) in [7, 11) is 5.98. The van der Waals surface area contributed by atoms with Crippen molar-refractivity contribution in [2.45, 2.75) is 289 Å². The normalized spacial score (nSPS) is 13.1. The SMILES string of the molecule is CC/C=C\C/C=C\C/C=C\C/C=C\CCCCCCCCCCCCCCCCCCCCC(=O)OC(COC(=O)CCCCCCCCCCCCCCCCCC)COC(OCC[N+](C)(C)C)C(=O)O. The molecule has 0 aliphatic carbocycles. The Labute approximate surface area is 444 Å². The van der Waals surface area contributed by atoms with E-state index in [0.29, 0.717) is 17.4 Å². The van der Waals surface area contributed by atoms with Crippen molar-refractivity contribution in [2.24, 2.45) is 0 Å². The molecule has 9 heteroatoms. The highest BCUT2D eigenvalue weighted by molar-refractivity contribution is 5.71. The summed E-state index contributed by atoms with van der Waals surface area (Å²) in [5.74, 6) is -1.99. The topological polar surface area (TPSA) is 108 Å². The minimum absolute atomic E-state index is 0.177. The lowest BCUT2D eigenvalue weighted by molar-refractivity contribution is -0.870. The van der Waals surface area contributed by atoms with E-state index in [0.717, 1.165) is 64.2 Å². The van der Waals surface area contributed by atoms with Gasteiger partial charge in [0.1, 0.15) is 13.2 Å². The second kappa shape index (κ2) is 54.5. The summed E-state index contributed by atoms with van der Waals surface area (Å²) >= 11 is 0. The van der Waals surface area contributed by atoms with Crippen LogP contribution in [0, 0.1) is 0 Å². The Kier molecular flexibility index (Phi) is 52.4. The van der Waals surface area contributed by atoms with Crippen LogP contribution in [-0.2, 0) is 33.3 Å². The molecule has 0 saturated carbocycles. The maximum atomic E-state index is 12.9. The van der Waals surface area contributed by atoms with Crippen molar-refractivity contribution in [3.8, 4) is 0 Å². The van der Waals surface area contributed by atoms with Crippen molar-refractivity contribution < 1.29 is 42.9 Å². The molecule has 0 radical (unpaired) electrons. The molecule has 0 fully saturated rings. The van der Waals surface area contributed by atoms with Crippen molar-refractivity contribution in [1.82, 2.24) is 0 Å². The molecule has 0 aliphatic heterocycles. The quantitative estimate of drug-likeness (QED) is 0.0211. The number of ether oxygens (including phenoxy) is 4. The molecule has 0 aromatic heterocycles. The zero-order valence-corrected chi connectivity index (χ0v) is 47.8. The molecular formula is C63H116NO8+. The van der Waals surface area contributed by atoms with Gasteiger partial charge in [-0.15, -0.1) is 0 Å². The van der Waals surface area contributed by atoms with Gasteiger partial charge in [-0.05, 0) is 51.4 Å². The molecule has 0 saturated heterocycles. The van der Waals surface area contributed by atoms with E-state index in [1.165, 1.54) is 186 Å². The maximum Gasteiger partial charge on any atom is 0.361 e. The van der Waals surface area contributed by atoms with Crippen LogP contribution in [0.5, 0.6) is 0 Å². The number of unbranched alkanes of at least 4 members (excludes halogenated alkanes) is 33. The summed E-state index contributed by atoms with van der Waals surface area (Å²) in [5.41, 5.74) is 0. The summed E-state index contributed by atoms with van der Waals surface area (Å²) in [6.45, 7) is 4.81. The predicted octanol–water partition coefficient (Wildman–Crippen LogP) is 17.9. The molecule has 72 heavy (non-hydrogen) atoms. The number of carbonyl (C=O) groups is 3. The van der Waals surface area contributed by atoms with E-state index in [4.69, 9.17) is 18.9 Å². The maximum absolute atomic E-state index is 12.9. The van der Waals surface area contributed by atoms with Gasteiger partial charge in [0.15, 0.2) is 6.10 Å². The first kappa shape index (κ1) is 69.2. The van der Waals surface area contributed by atoms with E-state index < -0.39 is 18.4 Å². The van der Waals surface area contributed by atoms with Crippen molar-refractivity contribution >= 4 is 17.9 Å². The number of nitrogens with zero attached hydrogens (tertiary/aromatic N) is 1. The van der Waals surface area contributed by atoms with Crippen LogP contribution in [0.2, 0.25) is 0 Å². The summed E-state index contributed by atoms with van der Waals surface area (Å²) in [6, 6.07) is 0. The van der Waals surface area contributed by atoms with Crippen molar-refractivity contribution in [2.75, 3.05) is 47.5 Å². The van der Waals surface area contributed by atoms with Crippen molar-refractivity contribution in [3.05, 3.63) is 48.6 Å². The van der Waals surface area contributed by atoms with Gasteiger partial charge < -0.3 is 28.5 Å². The zero-order chi connectivity index (χ0) is 52.7. The number of quaternary nitrogens is 1. The summed E-state index contributed by atoms with van der Waals surface area (Å²) in [5, 5.41) is 9.70. The fourth-order valence-electron chi connectivity index (χ4n) is 8.71. The highest BCUT2D eigenvalue weighted by Gasteiger charge is 2.25. The van der Waals surface area contributed by atoms with Gasteiger partial charge in [0.05, 0.1) is 34.4 Å². The molecule has 0 aromatic rings. The third-order valence-electron chi connectivity index (χ3n) is 13.3. The van der Waals surface area contributed by atoms with E-state index in [-0.39, 0.29) is 38.2 Å². The summed E-state index contributed by atoms with van der Waals surface area (Å²) in [6.07, 6.45) is 64.8. The van der Waals surface area contributed by atoms with Crippen LogP contribution in [0.1, 0.15) is 277 Å². The fraction of sp³-hybridized carbons (Fsp3) is 0.825. The first-order chi connectivity index (χ1) is 35.1. The summed E-state index contributed by atoms with van der Waals surface area (Å²) in [4.78, 5) is 37.4. The number of carbonyl (C=O) groups excluding carboxylic acids is 2. The number of carboxylic acid groups (broad SMARTS) is 1. The predicted molar refractivity (Wildman–Crippen MR) is 304 cm³/mol. The largest absolute Gasteiger partial charge is 0.477 e. The lowest BCUT2D eigenvalue weighted by Crippen LogP contribution is -2.40. The molecule has 2 atom stereocenters. The molecular weight excluding hydrogens is 899 g/mol. The van der Waals surface area contributed by atoms with Crippen molar-refractivity contribution in [1.29, 1.82) is 0 Å². The van der Waals surface area contributed by atoms with Crippen LogP contribution in [-0.4, -0.2) is 87.4 Å². The van der Waals surface area contributed by atoms with Crippen LogP contribution in [0.15, 0.2) is 48.6 Å². The molecule has 0 aromatic carbocycles. The Morgan fingerprint density at radius 2 is 0.792 bits per heavy atom. The lowest BCUT2D eigenvalue weighted by atomic mass is 10.0. The van der Waals surface area contributed by atoms with E-state index in [9.17, 15) is 19.5 Å². The smallest absolute Gasteiger partial charge is 0.361 e. The van der Waals surface area contributed by atoms with Gasteiger partial charge in [0, 0.05) is 12.8 Å². The van der Waals surface area contributed by atoms with Crippen molar-refractivity contribution in [3.63, 3.8) is 0 Å². The van der Waals surface area contributed by atoms with Gasteiger partial charge in [0.25, 0.3) is 6.29 Å². The van der Waals surface area contributed by atoms with Gasteiger partial charge in [-0.1, -0.05) is 262 Å². The monoisotopic (exact) mass is 1010 g/mol. The Morgan fingerprint density at radius 1 is 0.431 bits per heavy atom. The number of allylic oxidation sites excluding steroid dienone is 8. The number of carboxylic acids is 1. The second-order valence-corrected chi connectivity index (χ2v) is 21.6. The highest BCUT2D eigenvalue weighted by atomic mass is 16.7. The Morgan fingerprint density at radius 3 is 1.18 bits per heavy atom. The summed E-state index contributed by atoms with van der Waals surface area (Å²) < 4.78 is 22.9. The number of likely N-dealkylation sites (N-methyl/N-ethyl adjacent to an activating group) is 1. The van der Waals surface area contributed by atoms with Gasteiger partial charge in [-0.2, -0.15) is 0 Å². The fourth-order valence-corrected chi connectivity index (χ4v) is 8.71. The van der Waals surface area contributed by atoms with Crippen LogP contribution < -0.4 is 0 Å². The van der Waals surface area contributed by atoms with E-state index >= 15 is 0 Å². The van der Waals surface area contributed by atoms with E-state index in [2.05, 4.69) is 62.5 Å². The lowest BCUT2D eigenvalue weighted by Gasteiger charge is -2.25. The number of rotatable bonds is 56. The Hall–Kier alpha value is -2.75. The standard InChI is InChI=1S/C63H115NO8/c1-6-8-10-12-14-16-18-20-22-24-25-26-27-28-29-30-31-32-33-34-35-36-37-38-40-42-44-46-48-50-52-54-61(66)72-59(58-71-63(62(67)68)69-56-55-64(3,4)5)57-70-60(65)53-51-49-47-45-43-41-39-23-21-19-17-15-13-11-9-7-2/h8,10,14,16,20,22,25-26,59,63H,6-7,9,11-13,15,17-19,21,23-24,27-58H2,1-5H3/p+1/b10-8-,16-14-,22-20-,26-25-. The second-order valence-electron chi connectivity index (χ2n) is 21.6. The molecule has 0 amide bonds. The zero-order valence-electron chi connectivity index (χ0n) is 47.8. The minimum Gasteiger partial charge on any atom is -0.477 e. The van der Waals surface area contributed by atoms with Crippen LogP contribution >= 0.6 is 0 Å². The first-order valence-electron chi connectivity index (χ1n) is 30.3. The molecule has 420 valence electrons. The Bertz CT molecular complexity index is 1320. The molecule has 0 rings (SSSR count). The highest BCUT2D eigenvalue weighted by Crippen LogP contribution is 2.17. The molecule has 9 nitrogen and oxygen atoms in total. The molecule has 1 N–H and O–H groups in total. The molecule has 0 bridgehead atoms. The average molecular weight is 1020 g/mol. The van der Waals surface area contributed by atoms with E-state index in [1.807, 2.05) is 21.1 Å². The van der Waals surface area contributed by atoms with Gasteiger partial charge in [-0.25, -0.2) is 4.79 Å². The molecule has 0 heterocycles. The number of hydrogen-bond acceptors (Lipinski definition) is 7. The van der Waals surface area contributed by atoms with Gasteiger partial charge in [0.2, 0.25) is 0 Å². The number of hydrogen-bond donors (Lipinski definition) is 1. The Balaban J connectivity index is 4.11. The minimum atomic E-state index is -1.51. The van der Waals surface area contributed by atoms with Crippen LogP contribution in [0.4, 0.5) is 0 Å². The third kappa shape index (κ3) is 55.0. The van der Waals surface area contributed by atoms with E-state index in [1.54, 1.807) is 0 Å². The first-order valence-corrected chi connectivity index (χ1v) is 30.3. The van der Waals surface area contributed by atoms with Crippen LogP contribution in [0.25, 0.3) is 0 Å². The number of esters is 2. The number of aliphatic carboxylic acids is 1. The molecule has 0 aliphatic rings. The molecule has 0 spiro atoms. The van der Waals surface area contributed by atoms with Crippen LogP contribution in [0.3, 0.4) is 0 Å².